The van der Waals surface area contributed by atoms with E-state index in [9.17, 15) is 13.6 Å². The van der Waals surface area contributed by atoms with Gasteiger partial charge in [-0.1, -0.05) is 18.2 Å². The van der Waals surface area contributed by atoms with Gasteiger partial charge in [0.2, 0.25) is 0 Å². The number of fused-ring (bicyclic) bond motifs is 1. The van der Waals surface area contributed by atoms with E-state index in [2.05, 4.69) is 0 Å². The summed E-state index contributed by atoms with van der Waals surface area (Å²) in [6.45, 7) is 0. The number of aliphatic carboxylic acids is 1. The first-order valence-electron chi connectivity index (χ1n) is 4.36. The van der Waals surface area contributed by atoms with Crippen LogP contribution in [0.3, 0.4) is 0 Å². The summed E-state index contributed by atoms with van der Waals surface area (Å²) in [5.74, 6) is -6.42. The topological polar surface area (TPSA) is 37.3 Å². The molecule has 2 rings (SSSR count). The summed E-state index contributed by atoms with van der Waals surface area (Å²) in [6.07, 6.45) is 0. The molecule has 1 aliphatic rings. The molecule has 0 spiro atoms. The maximum absolute atomic E-state index is 13.7. The molecule has 80 valence electrons. The molecular formula is C10H8F2O2S. The van der Waals surface area contributed by atoms with Crippen LogP contribution in [0.25, 0.3) is 0 Å². The molecule has 0 aromatic heterocycles. The van der Waals surface area contributed by atoms with Crippen molar-refractivity contribution in [3.8, 4) is 0 Å². The molecule has 2 nitrogen and oxygen atoms in total. The minimum absolute atomic E-state index is 0.0840. The van der Waals surface area contributed by atoms with Crippen molar-refractivity contribution in [3.63, 3.8) is 0 Å². The van der Waals surface area contributed by atoms with Gasteiger partial charge in [-0.05, 0) is 6.07 Å². The number of carboxylic acids is 1. The molecule has 0 saturated heterocycles. The Morgan fingerprint density at radius 2 is 2.13 bits per heavy atom. The Labute approximate surface area is 89.3 Å². The summed E-state index contributed by atoms with van der Waals surface area (Å²) in [4.78, 5) is 11.2. The Balaban J connectivity index is 2.49. The normalized spacial score (nSPS) is 23.2. The van der Waals surface area contributed by atoms with Crippen molar-refractivity contribution in [3.05, 3.63) is 29.8 Å². The second-order valence-electron chi connectivity index (χ2n) is 3.32. The molecule has 1 aromatic rings. The molecule has 1 N–H and O–H groups in total. The molecule has 15 heavy (non-hydrogen) atoms. The van der Waals surface area contributed by atoms with Crippen LogP contribution < -0.4 is 0 Å². The van der Waals surface area contributed by atoms with Gasteiger partial charge in [0.25, 0.3) is 5.92 Å². The van der Waals surface area contributed by atoms with Crippen LogP contribution in [-0.2, 0) is 10.7 Å². The van der Waals surface area contributed by atoms with Crippen molar-refractivity contribution in [1.82, 2.24) is 0 Å². The van der Waals surface area contributed by atoms with Gasteiger partial charge in [0.05, 0.1) is 0 Å². The van der Waals surface area contributed by atoms with Gasteiger partial charge in [0.1, 0.15) is 5.92 Å². The zero-order valence-corrected chi connectivity index (χ0v) is 8.43. The van der Waals surface area contributed by atoms with Crippen molar-refractivity contribution in [2.24, 2.45) is 5.92 Å². The highest BCUT2D eigenvalue weighted by molar-refractivity contribution is 7.99. The molecule has 1 aliphatic heterocycles. The van der Waals surface area contributed by atoms with E-state index in [0.29, 0.717) is 4.90 Å². The molecule has 0 saturated carbocycles. The van der Waals surface area contributed by atoms with Gasteiger partial charge >= 0.3 is 5.97 Å². The quantitative estimate of drug-likeness (QED) is 0.805. The predicted molar refractivity (Wildman–Crippen MR) is 52.2 cm³/mol. The lowest BCUT2D eigenvalue weighted by molar-refractivity contribution is -0.156. The van der Waals surface area contributed by atoms with Crippen LogP contribution in [0, 0.1) is 5.92 Å². The monoisotopic (exact) mass is 230 g/mol. The zero-order valence-electron chi connectivity index (χ0n) is 7.61. The molecule has 0 radical (unpaired) electrons. The van der Waals surface area contributed by atoms with Crippen LogP contribution in [-0.4, -0.2) is 16.8 Å². The smallest absolute Gasteiger partial charge is 0.313 e. The van der Waals surface area contributed by atoms with Crippen LogP contribution in [0.2, 0.25) is 0 Å². The first kappa shape index (κ1) is 10.4. The van der Waals surface area contributed by atoms with E-state index in [-0.39, 0.29) is 11.3 Å². The molecule has 1 atom stereocenters. The third kappa shape index (κ3) is 1.61. The fourth-order valence-electron chi connectivity index (χ4n) is 1.56. The maximum atomic E-state index is 13.7. The van der Waals surface area contributed by atoms with E-state index in [1.807, 2.05) is 0 Å². The molecule has 0 aliphatic carbocycles. The van der Waals surface area contributed by atoms with Crippen LogP contribution in [0.5, 0.6) is 0 Å². The van der Waals surface area contributed by atoms with E-state index >= 15 is 0 Å². The lowest BCUT2D eigenvalue weighted by Crippen LogP contribution is -2.37. The second kappa shape index (κ2) is 3.48. The molecule has 5 heteroatoms. The van der Waals surface area contributed by atoms with Gasteiger partial charge in [-0.15, -0.1) is 11.8 Å². The molecule has 1 unspecified atom stereocenters. The second-order valence-corrected chi connectivity index (χ2v) is 4.38. The number of rotatable bonds is 1. The summed E-state index contributed by atoms with van der Waals surface area (Å²) >= 11 is 1.17. The van der Waals surface area contributed by atoms with Crippen LogP contribution >= 0.6 is 11.8 Å². The SMILES string of the molecule is O=C(O)C1CSc2ccccc2C1(F)F. The number of alkyl halides is 2. The minimum Gasteiger partial charge on any atom is -0.481 e. The molecule has 0 bridgehead atoms. The van der Waals surface area contributed by atoms with Crippen molar-refractivity contribution >= 4 is 17.7 Å². The number of hydrogen-bond donors (Lipinski definition) is 1. The van der Waals surface area contributed by atoms with Gasteiger partial charge in [-0.25, -0.2) is 8.78 Å². The zero-order chi connectivity index (χ0) is 11.1. The van der Waals surface area contributed by atoms with Crippen molar-refractivity contribution in [2.75, 3.05) is 5.75 Å². The number of benzene rings is 1. The van der Waals surface area contributed by atoms with E-state index in [0.717, 1.165) is 0 Å². The third-order valence-corrected chi connectivity index (χ3v) is 3.55. The third-order valence-electron chi connectivity index (χ3n) is 2.39. The average Bonchev–Trinajstić information content (AvgIpc) is 2.17. The molecule has 0 fully saturated rings. The Morgan fingerprint density at radius 3 is 2.80 bits per heavy atom. The number of carboxylic acid groups (broad SMARTS) is 1. The van der Waals surface area contributed by atoms with Crippen molar-refractivity contribution in [2.45, 2.75) is 10.8 Å². The highest BCUT2D eigenvalue weighted by atomic mass is 32.2. The molecule has 1 heterocycles. The van der Waals surface area contributed by atoms with E-state index in [4.69, 9.17) is 5.11 Å². The predicted octanol–water partition coefficient (Wildman–Crippen LogP) is 2.58. The van der Waals surface area contributed by atoms with Gasteiger partial charge < -0.3 is 5.11 Å². The molecule has 1 aromatic carbocycles. The van der Waals surface area contributed by atoms with Gasteiger partial charge in [0, 0.05) is 16.2 Å². The summed E-state index contributed by atoms with van der Waals surface area (Å²) in [6, 6.07) is 6.05. The number of hydrogen-bond acceptors (Lipinski definition) is 2. The Hall–Kier alpha value is -1.10. The highest BCUT2D eigenvalue weighted by Crippen LogP contribution is 2.47. The number of carbonyl (C=O) groups is 1. The van der Waals surface area contributed by atoms with E-state index in [1.165, 1.54) is 23.9 Å². The summed E-state index contributed by atoms with van der Waals surface area (Å²) in [5, 5.41) is 8.71. The first-order valence-corrected chi connectivity index (χ1v) is 5.35. The molecular weight excluding hydrogens is 222 g/mol. The van der Waals surface area contributed by atoms with Crippen LogP contribution in [0.4, 0.5) is 8.78 Å². The highest BCUT2D eigenvalue weighted by Gasteiger charge is 2.49. The van der Waals surface area contributed by atoms with E-state index < -0.39 is 17.8 Å². The van der Waals surface area contributed by atoms with Gasteiger partial charge in [-0.3, -0.25) is 4.79 Å². The summed E-state index contributed by atoms with van der Waals surface area (Å²) in [5.41, 5.74) is -0.173. The van der Waals surface area contributed by atoms with Gasteiger partial charge in [-0.2, -0.15) is 0 Å². The van der Waals surface area contributed by atoms with Crippen molar-refractivity contribution in [1.29, 1.82) is 0 Å². The number of thioether (sulfide) groups is 1. The van der Waals surface area contributed by atoms with Crippen molar-refractivity contribution < 1.29 is 18.7 Å². The average molecular weight is 230 g/mol. The standard InChI is InChI=1S/C10H8F2O2S/c11-10(12)6-3-1-2-4-8(6)15-5-7(10)9(13)14/h1-4,7H,5H2,(H,13,14). The lowest BCUT2D eigenvalue weighted by Gasteiger charge is -2.29. The summed E-state index contributed by atoms with van der Waals surface area (Å²) < 4.78 is 27.4. The van der Waals surface area contributed by atoms with Crippen LogP contribution in [0.1, 0.15) is 5.56 Å². The lowest BCUT2D eigenvalue weighted by atomic mass is 9.95. The van der Waals surface area contributed by atoms with Gasteiger partial charge in [0.15, 0.2) is 0 Å². The summed E-state index contributed by atoms with van der Waals surface area (Å²) in [7, 11) is 0. The fraction of sp³-hybridized carbons (Fsp3) is 0.300. The number of halogens is 2. The largest absolute Gasteiger partial charge is 0.481 e. The Kier molecular flexibility index (Phi) is 2.42. The first-order chi connectivity index (χ1) is 7.03. The Bertz CT molecular complexity index is 406. The van der Waals surface area contributed by atoms with E-state index in [1.54, 1.807) is 12.1 Å². The maximum Gasteiger partial charge on any atom is 0.313 e. The molecule has 0 amide bonds. The Morgan fingerprint density at radius 1 is 1.47 bits per heavy atom. The fourth-order valence-corrected chi connectivity index (χ4v) is 2.79. The van der Waals surface area contributed by atoms with Crippen LogP contribution in [0.15, 0.2) is 29.2 Å². The minimum atomic E-state index is -3.27.